The zero-order valence-electron chi connectivity index (χ0n) is 7.69. The van der Waals surface area contributed by atoms with Gasteiger partial charge in [-0.3, -0.25) is 5.84 Å². The van der Waals surface area contributed by atoms with Crippen molar-refractivity contribution in [2.45, 2.75) is 25.6 Å². The number of nitrogens with one attached hydrogen (secondary N) is 1. The molecule has 80 valence electrons. The summed E-state index contributed by atoms with van der Waals surface area (Å²) in [7, 11) is 1.45. The highest BCUT2D eigenvalue weighted by atomic mass is 19.4. The zero-order valence-corrected chi connectivity index (χ0v) is 7.69. The first-order chi connectivity index (χ1) is 5.93. The fourth-order valence-corrected chi connectivity index (χ4v) is 1.05. The van der Waals surface area contributed by atoms with E-state index in [1.807, 2.05) is 0 Å². The Morgan fingerprint density at radius 1 is 1.46 bits per heavy atom. The van der Waals surface area contributed by atoms with Gasteiger partial charge in [0.2, 0.25) is 0 Å². The van der Waals surface area contributed by atoms with E-state index in [1.165, 1.54) is 14.0 Å². The molecule has 0 aliphatic heterocycles. The van der Waals surface area contributed by atoms with Gasteiger partial charge in [0.25, 0.3) is 0 Å². The van der Waals surface area contributed by atoms with Crippen molar-refractivity contribution >= 4 is 0 Å². The molecule has 0 spiro atoms. The second-order valence-electron chi connectivity index (χ2n) is 2.94. The molecule has 6 heteroatoms. The molecular weight excluding hydrogens is 185 g/mol. The third-order valence-electron chi connectivity index (χ3n) is 1.88. The van der Waals surface area contributed by atoms with Gasteiger partial charge in [-0.25, -0.2) is 5.43 Å². The largest absolute Gasteiger partial charge is 0.405 e. The Balaban J connectivity index is 4.07. The van der Waals surface area contributed by atoms with Crippen LogP contribution in [0.4, 0.5) is 13.2 Å². The van der Waals surface area contributed by atoms with E-state index in [2.05, 4.69) is 4.74 Å². The molecule has 2 unspecified atom stereocenters. The normalized spacial score (nSPS) is 17.1. The first-order valence-electron chi connectivity index (χ1n) is 3.95. The molecular formula is C7H15F3N2O. The van der Waals surface area contributed by atoms with Crippen LogP contribution in [0, 0.1) is 5.92 Å². The minimum atomic E-state index is -4.30. The Kier molecular flexibility index (Phi) is 5.27. The van der Waals surface area contributed by atoms with Crippen LogP contribution in [0.25, 0.3) is 0 Å². The fraction of sp³-hybridized carbons (Fsp3) is 1.00. The van der Waals surface area contributed by atoms with Gasteiger partial charge >= 0.3 is 6.18 Å². The summed E-state index contributed by atoms with van der Waals surface area (Å²) in [5.41, 5.74) is 1.77. The molecule has 0 aromatic heterocycles. The Hall–Kier alpha value is -0.330. The summed E-state index contributed by atoms with van der Waals surface area (Å²) < 4.78 is 41.3. The highest BCUT2D eigenvalue weighted by Crippen LogP contribution is 2.26. The molecule has 0 aliphatic rings. The van der Waals surface area contributed by atoms with Gasteiger partial charge in [-0.05, 0) is 12.3 Å². The molecule has 0 aromatic rings. The highest BCUT2D eigenvalue weighted by Gasteiger charge is 2.42. The first kappa shape index (κ1) is 12.7. The van der Waals surface area contributed by atoms with E-state index in [4.69, 9.17) is 5.84 Å². The lowest BCUT2D eigenvalue weighted by molar-refractivity contribution is -0.167. The van der Waals surface area contributed by atoms with Crippen LogP contribution < -0.4 is 11.3 Å². The number of nitrogens with two attached hydrogens (primary N) is 1. The van der Waals surface area contributed by atoms with Gasteiger partial charge in [-0.1, -0.05) is 6.92 Å². The number of hydrazine groups is 1. The van der Waals surface area contributed by atoms with Crippen molar-refractivity contribution in [2.24, 2.45) is 11.8 Å². The molecule has 13 heavy (non-hydrogen) atoms. The van der Waals surface area contributed by atoms with E-state index in [0.717, 1.165) is 0 Å². The van der Waals surface area contributed by atoms with E-state index < -0.39 is 18.1 Å². The SMILES string of the molecule is COCCC(C)C(NN)C(F)(F)F. The Morgan fingerprint density at radius 2 is 2.00 bits per heavy atom. The van der Waals surface area contributed by atoms with Crippen molar-refractivity contribution in [3.8, 4) is 0 Å². The summed E-state index contributed by atoms with van der Waals surface area (Å²) in [4.78, 5) is 0. The number of alkyl halides is 3. The van der Waals surface area contributed by atoms with Gasteiger partial charge in [0.15, 0.2) is 0 Å². The Labute approximate surface area is 75.4 Å². The van der Waals surface area contributed by atoms with Crippen molar-refractivity contribution in [1.29, 1.82) is 0 Å². The van der Waals surface area contributed by atoms with Crippen molar-refractivity contribution in [2.75, 3.05) is 13.7 Å². The smallest absolute Gasteiger partial charge is 0.385 e. The minimum Gasteiger partial charge on any atom is -0.385 e. The molecule has 0 saturated heterocycles. The second-order valence-corrected chi connectivity index (χ2v) is 2.94. The molecule has 0 aliphatic carbocycles. The second kappa shape index (κ2) is 5.41. The van der Waals surface area contributed by atoms with Gasteiger partial charge in [-0.15, -0.1) is 0 Å². The van der Waals surface area contributed by atoms with E-state index in [-0.39, 0.29) is 0 Å². The molecule has 0 saturated carbocycles. The summed E-state index contributed by atoms with van der Waals surface area (Å²) in [6.45, 7) is 1.78. The summed E-state index contributed by atoms with van der Waals surface area (Å²) >= 11 is 0. The van der Waals surface area contributed by atoms with Gasteiger partial charge in [0.05, 0.1) is 0 Å². The summed E-state index contributed by atoms with van der Waals surface area (Å²) in [6.07, 6.45) is -3.98. The number of methoxy groups -OCH3 is 1. The molecule has 0 fully saturated rings. The molecule has 0 aromatic carbocycles. The minimum absolute atomic E-state index is 0.301. The maximum Gasteiger partial charge on any atom is 0.405 e. The topological polar surface area (TPSA) is 47.3 Å². The van der Waals surface area contributed by atoms with Crippen LogP contribution in [0.15, 0.2) is 0 Å². The van der Waals surface area contributed by atoms with Crippen molar-refractivity contribution in [3.05, 3.63) is 0 Å². The number of halogens is 3. The lowest BCUT2D eigenvalue weighted by Crippen LogP contribution is -2.50. The van der Waals surface area contributed by atoms with Crippen LogP contribution in [0.5, 0.6) is 0 Å². The highest BCUT2D eigenvalue weighted by molar-refractivity contribution is 4.78. The van der Waals surface area contributed by atoms with E-state index in [0.29, 0.717) is 13.0 Å². The quantitative estimate of drug-likeness (QED) is 0.515. The number of hydrogen-bond donors (Lipinski definition) is 2. The molecule has 0 radical (unpaired) electrons. The maximum atomic E-state index is 12.2. The van der Waals surface area contributed by atoms with E-state index in [1.54, 1.807) is 5.43 Å². The lowest BCUT2D eigenvalue weighted by Gasteiger charge is -2.25. The Bertz CT molecular complexity index is 140. The van der Waals surface area contributed by atoms with Crippen molar-refractivity contribution < 1.29 is 17.9 Å². The molecule has 0 amide bonds. The Morgan fingerprint density at radius 3 is 2.31 bits per heavy atom. The molecule has 3 N–H and O–H groups in total. The van der Waals surface area contributed by atoms with Gasteiger partial charge in [0.1, 0.15) is 6.04 Å². The molecule has 0 bridgehead atoms. The number of rotatable bonds is 5. The third-order valence-corrected chi connectivity index (χ3v) is 1.88. The van der Waals surface area contributed by atoms with E-state index >= 15 is 0 Å². The lowest BCUT2D eigenvalue weighted by atomic mass is 9.99. The van der Waals surface area contributed by atoms with Crippen LogP contribution in [0.1, 0.15) is 13.3 Å². The number of hydrogen-bond acceptors (Lipinski definition) is 3. The summed E-state index contributed by atoms with van der Waals surface area (Å²) in [5.74, 6) is 4.23. The molecule has 0 heterocycles. The van der Waals surface area contributed by atoms with Gasteiger partial charge in [-0.2, -0.15) is 13.2 Å². The maximum absolute atomic E-state index is 12.2. The van der Waals surface area contributed by atoms with Crippen LogP contribution in [-0.2, 0) is 4.74 Å². The van der Waals surface area contributed by atoms with Crippen molar-refractivity contribution in [3.63, 3.8) is 0 Å². The third kappa shape index (κ3) is 4.44. The van der Waals surface area contributed by atoms with Crippen LogP contribution >= 0.6 is 0 Å². The van der Waals surface area contributed by atoms with Gasteiger partial charge < -0.3 is 4.74 Å². The zero-order chi connectivity index (χ0) is 10.5. The van der Waals surface area contributed by atoms with Gasteiger partial charge in [0, 0.05) is 13.7 Å². The standard InChI is InChI=1S/C7H15F3N2O/c1-5(3-4-13-2)6(12-11)7(8,9)10/h5-6,12H,3-4,11H2,1-2H3. The molecule has 0 rings (SSSR count). The average molecular weight is 200 g/mol. The van der Waals surface area contributed by atoms with Crippen LogP contribution in [0.2, 0.25) is 0 Å². The number of ether oxygens (including phenoxy) is 1. The predicted octanol–water partition coefficient (Wildman–Crippen LogP) is 1.05. The predicted molar refractivity (Wildman–Crippen MR) is 42.8 cm³/mol. The van der Waals surface area contributed by atoms with Crippen LogP contribution in [0.3, 0.4) is 0 Å². The van der Waals surface area contributed by atoms with E-state index in [9.17, 15) is 13.2 Å². The summed E-state index contributed by atoms with van der Waals surface area (Å²) in [5, 5.41) is 0. The van der Waals surface area contributed by atoms with Crippen LogP contribution in [-0.4, -0.2) is 25.9 Å². The van der Waals surface area contributed by atoms with Crippen molar-refractivity contribution in [1.82, 2.24) is 5.43 Å². The molecule has 2 atom stereocenters. The average Bonchev–Trinajstić information content (AvgIpc) is 1.99. The molecule has 3 nitrogen and oxygen atoms in total. The monoisotopic (exact) mass is 200 g/mol. The first-order valence-corrected chi connectivity index (χ1v) is 3.95. The fourth-order valence-electron chi connectivity index (χ4n) is 1.05. The summed E-state index contributed by atoms with van der Waals surface area (Å²) in [6, 6.07) is -1.66.